The van der Waals surface area contributed by atoms with Crippen LogP contribution in [-0.4, -0.2) is 15.6 Å². The number of hydrogen-bond donors (Lipinski definition) is 0. The van der Waals surface area contributed by atoms with Gasteiger partial charge in [0.1, 0.15) is 0 Å². The van der Waals surface area contributed by atoms with E-state index in [-0.39, 0.29) is 6.54 Å². The Bertz CT molecular complexity index is 396. The fourth-order valence-electron chi connectivity index (χ4n) is 0.970. The summed E-state index contributed by atoms with van der Waals surface area (Å²) in [5, 5.41) is 0.567. The highest BCUT2D eigenvalue weighted by molar-refractivity contribution is 8.09. The fraction of sp³-hybridized carbons (Fsp3) is 0.250. The molecule has 1 unspecified atom stereocenters. The second kappa shape index (κ2) is 6.82. The van der Waals surface area contributed by atoms with E-state index in [0.29, 0.717) is 17.0 Å². The van der Waals surface area contributed by atoms with Crippen molar-refractivity contribution < 1.29 is 8.76 Å². The molecule has 3 nitrogen and oxygen atoms in total. The standard InChI is InChI=1S/C8H7Cl4NO2S2/c9-7-3-1-6(2-4-7)5-13(17(14)15)16-8(10,11)12/h1-4H,5H2,(H,14,15)/p-1. The van der Waals surface area contributed by atoms with Gasteiger partial charge in [-0.2, -0.15) is 3.71 Å². The Morgan fingerprint density at radius 1 is 1.29 bits per heavy atom. The molecule has 0 fully saturated rings. The molecule has 0 aliphatic rings. The third-order valence-corrected chi connectivity index (χ3v) is 4.06. The molecule has 0 saturated heterocycles. The minimum atomic E-state index is -2.50. The molecular weight excluding hydrogens is 348 g/mol. The topological polar surface area (TPSA) is 43.4 Å². The lowest BCUT2D eigenvalue weighted by molar-refractivity contribution is 0.487. The Labute approximate surface area is 126 Å². The van der Waals surface area contributed by atoms with Gasteiger partial charge in [-0.15, -0.1) is 0 Å². The first-order valence-corrected chi connectivity index (χ1v) is 7.47. The molecule has 0 aliphatic carbocycles. The number of benzene rings is 1. The Balaban J connectivity index is 2.73. The fourth-order valence-corrected chi connectivity index (χ4v) is 3.49. The van der Waals surface area contributed by atoms with E-state index >= 15 is 0 Å². The predicted molar refractivity (Wildman–Crippen MR) is 73.8 cm³/mol. The molecule has 0 radical (unpaired) electrons. The van der Waals surface area contributed by atoms with Crippen molar-refractivity contribution in [3.63, 3.8) is 0 Å². The maximum absolute atomic E-state index is 11.0. The monoisotopic (exact) mass is 352 g/mol. The molecule has 17 heavy (non-hydrogen) atoms. The van der Waals surface area contributed by atoms with Crippen LogP contribution in [0, 0.1) is 0 Å². The molecule has 96 valence electrons. The molecule has 1 aromatic rings. The van der Waals surface area contributed by atoms with Crippen molar-refractivity contribution in [1.29, 1.82) is 0 Å². The van der Waals surface area contributed by atoms with E-state index < -0.39 is 14.4 Å². The van der Waals surface area contributed by atoms with Gasteiger partial charge in [0.05, 0.1) is 0 Å². The number of alkyl halides is 3. The molecule has 1 rings (SSSR count). The molecule has 1 atom stereocenters. The third-order valence-electron chi connectivity index (χ3n) is 1.60. The zero-order valence-corrected chi connectivity index (χ0v) is 12.8. The molecule has 0 spiro atoms. The van der Waals surface area contributed by atoms with Crippen LogP contribution in [0.4, 0.5) is 0 Å². The Morgan fingerprint density at radius 3 is 2.24 bits per heavy atom. The van der Waals surface area contributed by atoms with Gasteiger partial charge in [-0.25, -0.2) is 0 Å². The number of nitrogens with zero attached hydrogens (tertiary/aromatic N) is 1. The summed E-state index contributed by atoms with van der Waals surface area (Å²) in [5.74, 6) is 0. The maximum Gasteiger partial charge on any atom is 0.252 e. The summed E-state index contributed by atoms with van der Waals surface area (Å²) in [6.45, 7) is 0.0891. The van der Waals surface area contributed by atoms with Crippen molar-refractivity contribution in [3.05, 3.63) is 34.9 Å². The number of hydrogen-bond acceptors (Lipinski definition) is 3. The van der Waals surface area contributed by atoms with Gasteiger partial charge in [0.15, 0.2) is 0 Å². The SMILES string of the molecule is O=S([O-])N(Cc1ccc(Cl)cc1)SC(Cl)(Cl)Cl. The second-order valence-electron chi connectivity index (χ2n) is 2.87. The normalized spacial score (nSPS) is 14.0. The molecule has 0 bridgehead atoms. The quantitative estimate of drug-likeness (QED) is 0.468. The minimum absolute atomic E-state index is 0.0891. The lowest BCUT2D eigenvalue weighted by Crippen LogP contribution is -2.21. The van der Waals surface area contributed by atoms with Crippen LogP contribution < -0.4 is 0 Å². The molecule has 1 aromatic carbocycles. The summed E-state index contributed by atoms with van der Waals surface area (Å²) >= 11 is 20.4. The van der Waals surface area contributed by atoms with Crippen molar-refractivity contribution >= 4 is 69.6 Å². The van der Waals surface area contributed by atoms with E-state index in [4.69, 9.17) is 46.4 Å². The second-order valence-corrected chi connectivity index (χ2v) is 8.60. The smallest absolute Gasteiger partial charge is 0.252 e. The van der Waals surface area contributed by atoms with Gasteiger partial charge >= 0.3 is 0 Å². The third kappa shape index (κ3) is 6.50. The van der Waals surface area contributed by atoms with E-state index in [0.717, 1.165) is 9.27 Å². The Hall–Kier alpha value is 0.800. The number of halogens is 4. The van der Waals surface area contributed by atoms with Gasteiger partial charge in [-0.05, 0) is 29.6 Å². The van der Waals surface area contributed by atoms with Gasteiger partial charge in [-0.1, -0.05) is 58.5 Å². The van der Waals surface area contributed by atoms with E-state index in [1.54, 1.807) is 24.3 Å². The highest BCUT2D eigenvalue weighted by Crippen LogP contribution is 2.42. The predicted octanol–water partition coefficient (Wildman–Crippen LogP) is 3.91. The summed E-state index contributed by atoms with van der Waals surface area (Å²) in [7, 11) is 0. The summed E-state index contributed by atoms with van der Waals surface area (Å²) in [6.07, 6.45) is 0. The maximum atomic E-state index is 11.0. The summed E-state index contributed by atoms with van der Waals surface area (Å²) in [4.78, 5) is 0. The zero-order valence-electron chi connectivity index (χ0n) is 8.11. The average molecular weight is 354 g/mol. The lowest BCUT2D eigenvalue weighted by atomic mass is 10.2. The van der Waals surface area contributed by atoms with Crippen molar-refractivity contribution in [1.82, 2.24) is 3.71 Å². The molecule has 0 aliphatic heterocycles. The summed E-state index contributed by atoms with van der Waals surface area (Å²) in [6, 6.07) is 6.70. The average Bonchev–Trinajstić information content (AvgIpc) is 2.18. The molecular formula is C8H6Cl4NO2S2-. The van der Waals surface area contributed by atoms with Gasteiger partial charge in [0, 0.05) is 22.8 Å². The molecule has 0 amide bonds. The van der Waals surface area contributed by atoms with Crippen LogP contribution in [0.15, 0.2) is 24.3 Å². The first-order chi connectivity index (χ1) is 7.78. The van der Waals surface area contributed by atoms with Gasteiger partial charge < -0.3 is 4.55 Å². The molecule has 0 heterocycles. The Kier molecular flexibility index (Phi) is 6.36. The van der Waals surface area contributed by atoms with Crippen LogP contribution in [0.1, 0.15) is 5.56 Å². The van der Waals surface area contributed by atoms with E-state index in [1.807, 2.05) is 0 Å². The van der Waals surface area contributed by atoms with E-state index in [1.165, 1.54) is 0 Å². The van der Waals surface area contributed by atoms with Gasteiger partial charge in [0.2, 0.25) is 0 Å². The van der Waals surface area contributed by atoms with Crippen LogP contribution in [0.5, 0.6) is 0 Å². The number of rotatable bonds is 4. The van der Waals surface area contributed by atoms with Crippen LogP contribution >= 0.6 is 58.4 Å². The molecule has 0 aromatic heterocycles. The van der Waals surface area contributed by atoms with Crippen LogP contribution in [-0.2, 0) is 17.8 Å². The van der Waals surface area contributed by atoms with Crippen LogP contribution in [0.2, 0.25) is 5.02 Å². The first-order valence-electron chi connectivity index (χ1n) is 4.15. The largest absolute Gasteiger partial charge is 0.759 e. The van der Waals surface area contributed by atoms with Gasteiger partial charge in [-0.3, -0.25) is 4.21 Å². The summed E-state index contributed by atoms with van der Waals surface area (Å²) in [5.41, 5.74) is 0.736. The molecule has 0 saturated carbocycles. The van der Waals surface area contributed by atoms with Crippen molar-refractivity contribution in [2.45, 2.75) is 9.67 Å². The minimum Gasteiger partial charge on any atom is -0.759 e. The Morgan fingerprint density at radius 2 is 1.82 bits per heavy atom. The molecule has 0 N–H and O–H groups in total. The van der Waals surface area contributed by atoms with Gasteiger partial charge in [0.25, 0.3) is 3.12 Å². The van der Waals surface area contributed by atoms with Crippen molar-refractivity contribution in [2.75, 3.05) is 0 Å². The molecule has 9 heteroatoms. The van der Waals surface area contributed by atoms with E-state index in [2.05, 4.69) is 0 Å². The van der Waals surface area contributed by atoms with Crippen LogP contribution in [0.3, 0.4) is 0 Å². The van der Waals surface area contributed by atoms with Crippen molar-refractivity contribution in [2.24, 2.45) is 0 Å². The first kappa shape index (κ1) is 15.9. The highest BCUT2D eigenvalue weighted by atomic mass is 35.6. The van der Waals surface area contributed by atoms with Crippen LogP contribution in [0.25, 0.3) is 0 Å². The van der Waals surface area contributed by atoms with Crippen molar-refractivity contribution in [3.8, 4) is 0 Å². The summed E-state index contributed by atoms with van der Waals surface area (Å²) < 4.78 is 21.1. The zero-order chi connectivity index (χ0) is 13.1. The highest BCUT2D eigenvalue weighted by Gasteiger charge is 2.26. The lowest BCUT2D eigenvalue weighted by Gasteiger charge is -2.25. The van der Waals surface area contributed by atoms with E-state index in [9.17, 15) is 8.76 Å².